The lowest BCUT2D eigenvalue weighted by Crippen LogP contribution is -2.29. The molecule has 0 fully saturated rings. The quantitative estimate of drug-likeness (QED) is 0.567. The fourth-order valence-corrected chi connectivity index (χ4v) is 1.43. The molecule has 0 radical (unpaired) electrons. The number of H-pyrrole nitrogens is 1. The molecule has 0 aliphatic carbocycles. The zero-order valence-electron chi connectivity index (χ0n) is 6.21. The van der Waals surface area contributed by atoms with Crippen molar-refractivity contribution < 1.29 is 4.39 Å². The van der Waals surface area contributed by atoms with Crippen LogP contribution in [0.15, 0.2) is 15.7 Å². The zero-order chi connectivity index (χ0) is 8.72. The van der Waals surface area contributed by atoms with Crippen molar-refractivity contribution in [2.75, 3.05) is 0 Å². The first-order valence-corrected chi connectivity index (χ1v) is 3.64. The molecule has 2 heterocycles. The summed E-state index contributed by atoms with van der Waals surface area (Å²) in [7, 11) is 0. The Morgan fingerprint density at radius 2 is 2.33 bits per heavy atom. The number of halogens is 1. The van der Waals surface area contributed by atoms with Gasteiger partial charge in [0.1, 0.15) is 6.17 Å². The van der Waals surface area contributed by atoms with Crippen LogP contribution >= 0.6 is 0 Å². The molecule has 0 saturated carbocycles. The third kappa shape index (κ3) is 0.975. The van der Waals surface area contributed by atoms with Gasteiger partial charge >= 0.3 is 5.69 Å². The molecule has 1 atom stereocenters. The molecule has 1 unspecified atom stereocenters. The van der Waals surface area contributed by atoms with Gasteiger partial charge in [0.05, 0.1) is 6.54 Å². The molecule has 0 aromatic carbocycles. The molecule has 2 rings (SSSR count). The largest absolute Gasteiger partial charge is 0.328 e. The lowest BCUT2D eigenvalue weighted by molar-refractivity contribution is 0.327. The summed E-state index contributed by atoms with van der Waals surface area (Å²) < 4.78 is 14.0. The summed E-state index contributed by atoms with van der Waals surface area (Å²) >= 11 is 0. The molecular weight excluding hydrogens is 163 g/mol. The maximum atomic E-state index is 12.8. The Kier molecular flexibility index (Phi) is 1.39. The van der Waals surface area contributed by atoms with Gasteiger partial charge < -0.3 is 0 Å². The van der Waals surface area contributed by atoms with Crippen LogP contribution in [0.25, 0.3) is 0 Å². The molecular formula is C7H7FN2O2. The second-order valence-corrected chi connectivity index (χ2v) is 2.84. The highest BCUT2D eigenvalue weighted by molar-refractivity contribution is 5.07. The van der Waals surface area contributed by atoms with Crippen molar-refractivity contribution in [3.05, 3.63) is 32.6 Å². The van der Waals surface area contributed by atoms with Gasteiger partial charge in [0.15, 0.2) is 0 Å². The maximum absolute atomic E-state index is 12.8. The predicted molar refractivity (Wildman–Crippen MR) is 39.9 cm³/mol. The number of rotatable bonds is 0. The highest BCUT2D eigenvalue weighted by atomic mass is 19.1. The smallest absolute Gasteiger partial charge is 0.295 e. The first-order chi connectivity index (χ1) is 5.66. The van der Waals surface area contributed by atoms with E-state index in [9.17, 15) is 14.0 Å². The molecule has 5 heteroatoms. The zero-order valence-corrected chi connectivity index (χ0v) is 6.21. The Hall–Kier alpha value is -1.39. The van der Waals surface area contributed by atoms with Crippen molar-refractivity contribution in [1.29, 1.82) is 0 Å². The van der Waals surface area contributed by atoms with Crippen LogP contribution in [0.5, 0.6) is 0 Å². The molecule has 4 nitrogen and oxygen atoms in total. The predicted octanol–water partition coefficient (Wildman–Crippen LogP) is -0.569. The molecule has 64 valence electrons. The van der Waals surface area contributed by atoms with E-state index < -0.39 is 17.4 Å². The van der Waals surface area contributed by atoms with Gasteiger partial charge in [-0.15, -0.1) is 0 Å². The standard InChI is InChI=1S/C7H7FN2O2/c8-4-1-5-2-6(11)9-7(12)10(5)3-4/h2,4H,1,3H2,(H,9,11,12). The van der Waals surface area contributed by atoms with E-state index in [0.29, 0.717) is 5.69 Å². The second kappa shape index (κ2) is 2.30. The summed E-state index contributed by atoms with van der Waals surface area (Å²) in [6, 6.07) is 1.26. The van der Waals surface area contributed by atoms with Gasteiger partial charge in [0.2, 0.25) is 0 Å². The molecule has 1 N–H and O–H groups in total. The number of nitrogens with zero attached hydrogens (tertiary/aromatic N) is 1. The van der Waals surface area contributed by atoms with Crippen LogP contribution in [0, 0.1) is 0 Å². The molecule has 0 spiro atoms. The molecule has 1 aromatic heterocycles. The Balaban J connectivity index is 2.68. The van der Waals surface area contributed by atoms with Gasteiger partial charge in [-0.05, 0) is 0 Å². The highest BCUT2D eigenvalue weighted by Crippen LogP contribution is 2.12. The average Bonchev–Trinajstić information content (AvgIpc) is 2.29. The van der Waals surface area contributed by atoms with Gasteiger partial charge in [-0.25, -0.2) is 9.18 Å². The van der Waals surface area contributed by atoms with Crippen LogP contribution in [0.1, 0.15) is 5.69 Å². The average molecular weight is 170 g/mol. The summed E-state index contributed by atoms with van der Waals surface area (Å²) in [6.07, 6.45) is -0.869. The molecule has 1 aliphatic heterocycles. The van der Waals surface area contributed by atoms with Gasteiger partial charge in [-0.1, -0.05) is 0 Å². The van der Waals surface area contributed by atoms with E-state index in [1.165, 1.54) is 10.6 Å². The van der Waals surface area contributed by atoms with Crippen LogP contribution in [-0.4, -0.2) is 15.7 Å². The van der Waals surface area contributed by atoms with Crippen LogP contribution in [-0.2, 0) is 13.0 Å². The first kappa shape index (κ1) is 7.27. The molecule has 12 heavy (non-hydrogen) atoms. The molecule has 1 aromatic rings. The van der Waals surface area contributed by atoms with E-state index in [2.05, 4.69) is 4.98 Å². The molecule has 0 saturated heterocycles. The van der Waals surface area contributed by atoms with Crippen molar-refractivity contribution in [3.63, 3.8) is 0 Å². The summed E-state index contributed by atoms with van der Waals surface area (Å²) in [5, 5.41) is 0. The Labute approximate surface area is 66.7 Å². The normalized spacial score (nSPS) is 20.9. The Bertz CT molecular complexity index is 420. The molecule has 0 amide bonds. The van der Waals surface area contributed by atoms with E-state index in [1.54, 1.807) is 0 Å². The van der Waals surface area contributed by atoms with Crippen LogP contribution in [0.2, 0.25) is 0 Å². The maximum Gasteiger partial charge on any atom is 0.328 e. The summed E-state index contributed by atoms with van der Waals surface area (Å²) in [6.45, 7) is 0.0605. The van der Waals surface area contributed by atoms with Gasteiger partial charge in [-0.2, -0.15) is 0 Å². The third-order valence-electron chi connectivity index (χ3n) is 1.93. The second-order valence-electron chi connectivity index (χ2n) is 2.84. The summed E-state index contributed by atoms with van der Waals surface area (Å²) in [4.78, 5) is 23.9. The van der Waals surface area contributed by atoms with E-state index in [0.717, 1.165) is 0 Å². The van der Waals surface area contributed by atoms with Crippen LogP contribution in [0.3, 0.4) is 0 Å². The lowest BCUT2D eigenvalue weighted by atomic mass is 10.3. The van der Waals surface area contributed by atoms with E-state index in [1.807, 2.05) is 0 Å². The van der Waals surface area contributed by atoms with E-state index in [-0.39, 0.29) is 13.0 Å². The monoisotopic (exact) mass is 170 g/mol. The minimum atomic E-state index is -1.03. The number of hydrogen-bond donors (Lipinski definition) is 1. The molecule has 0 bridgehead atoms. The van der Waals surface area contributed by atoms with Crippen molar-refractivity contribution in [3.8, 4) is 0 Å². The number of fused-ring (bicyclic) bond motifs is 1. The summed E-state index contributed by atoms with van der Waals surface area (Å²) in [5.74, 6) is 0. The topological polar surface area (TPSA) is 54.9 Å². The minimum Gasteiger partial charge on any atom is -0.295 e. The van der Waals surface area contributed by atoms with Gasteiger partial charge in [0, 0.05) is 18.2 Å². The van der Waals surface area contributed by atoms with Crippen LogP contribution < -0.4 is 11.2 Å². The number of nitrogens with one attached hydrogen (secondary N) is 1. The summed E-state index contributed by atoms with van der Waals surface area (Å²) in [5.41, 5.74) is -0.491. The van der Waals surface area contributed by atoms with E-state index >= 15 is 0 Å². The number of aromatic amines is 1. The Morgan fingerprint density at radius 1 is 1.58 bits per heavy atom. The SMILES string of the molecule is O=c1cc2n(c(=O)[nH]1)CC(F)C2. The Morgan fingerprint density at radius 3 is 3.08 bits per heavy atom. The van der Waals surface area contributed by atoms with Crippen LogP contribution in [0.4, 0.5) is 4.39 Å². The number of aromatic nitrogens is 2. The van der Waals surface area contributed by atoms with Crippen molar-refractivity contribution >= 4 is 0 Å². The van der Waals surface area contributed by atoms with Crippen molar-refractivity contribution in [1.82, 2.24) is 9.55 Å². The van der Waals surface area contributed by atoms with Gasteiger partial charge in [0.25, 0.3) is 5.56 Å². The van der Waals surface area contributed by atoms with Crippen molar-refractivity contribution in [2.45, 2.75) is 19.1 Å². The number of alkyl halides is 1. The third-order valence-corrected chi connectivity index (χ3v) is 1.93. The number of hydrogen-bond acceptors (Lipinski definition) is 2. The lowest BCUT2D eigenvalue weighted by Gasteiger charge is -1.97. The highest BCUT2D eigenvalue weighted by Gasteiger charge is 2.21. The molecule has 1 aliphatic rings. The van der Waals surface area contributed by atoms with Gasteiger partial charge in [-0.3, -0.25) is 14.3 Å². The fraction of sp³-hybridized carbons (Fsp3) is 0.429. The van der Waals surface area contributed by atoms with Crippen molar-refractivity contribution in [2.24, 2.45) is 0 Å². The fourth-order valence-electron chi connectivity index (χ4n) is 1.43. The first-order valence-electron chi connectivity index (χ1n) is 3.64. The minimum absolute atomic E-state index is 0.0605. The van der Waals surface area contributed by atoms with E-state index in [4.69, 9.17) is 0 Å².